The van der Waals surface area contributed by atoms with Gasteiger partial charge in [0, 0.05) is 13.1 Å². The molecule has 0 unspecified atom stereocenters. The first-order valence-corrected chi connectivity index (χ1v) is 4.18. The first-order chi connectivity index (χ1) is 6.40. The third kappa shape index (κ3) is 1.58. The van der Waals surface area contributed by atoms with Crippen LogP contribution in [0.25, 0.3) is 0 Å². The molecule has 1 fully saturated rings. The second-order valence-electron chi connectivity index (χ2n) is 2.95. The van der Waals surface area contributed by atoms with E-state index in [2.05, 4.69) is 14.9 Å². The van der Waals surface area contributed by atoms with Gasteiger partial charge in [0.15, 0.2) is 0 Å². The molecule has 0 N–H and O–H groups in total. The van der Waals surface area contributed by atoms with Crippen LogP contribution in [0.5, 0.6) is 0 Å². The zero-order chi connectivity index (χ0) is 9.10. The van der Waals surface area contributed by atoms with Gasteiger partial charge in [0.25, 0.3) is 0 Å². The minimum Gasteiger partial charge on any atom is -0.370 e. The van der Waals surface area contributed by atoms with E-state index in [0.29, 0.717) is 5.69 Å². The summed E-state index contributed by atoms with van der Waals surface area (Å²) in [7, 11) is 0. The summed E-state index contributed by atoms with van der Waals surface area (Å²) in [6.45, 7) is 2.13. The summed E-state index contributed by atoms with van der Waals surface area (Å²) in [5.41, 5.74) is 1.60. The smallest absolute Gasteiger partial charge is 0.240 e. The maximum Gasteiger partial charge on any atom is 0.240 e. The zero-order valence-electron chi connectivity index (χ0n) is 7.10. The van der Waals surface area contributed by atoms with Crippen LogP contribution < -0.4 is 4.90 Å². The van der Waals surface area contributed by atoms with Gasteiger partial charge in [-0.2, -0.15) is 4.99 Å². The van der Waals surface area contributed by atoms with Crippen LogP contribution in [-0.2, 0) is 4.79 Å². The molecule has 0 atom stereocenters. The number of pyridine rings is 1. The summed E-state index contributed by atoms with van der Waals surface area (Å²) >= 11 is 0. The molecule has 1 aliphatic rings. The fourth-order valence-corrected chi connectivity index (χ4v) is 1.28. The quantitative estimate of drug-likeness (QED) is 0.502. The molecule has 1 saturated heterocycles. The molecule has 1 aliphatic heterocycles. The van der Waals surface area contributed by atoms with Crippen LogP contribution in [0.15, 0.2) is 23.5 Å². The average Bonchev–Trinajstić information content (AvgIpc) is 2.02. The molecule has 66 valence electrons. The average molecular weight is 175 g/mol. The lowest BCUT2D eigenvalue weighted by Crippen LogP contribution is -2.36. The second-order valence-corrected chi connectivity index (χ2v) is 2.95. The van der Waals surface area contributed by atoms with E-state index in [1.165, 1.54) is 12.5 Å². The first kappa shape index (κ1) is 7.95. The van der Waals surface area contributed by atoms with Crippen LogP contribution in [0.2, 0.25) is 0 Å². The Morgan fingerprint density at radius 3 is 2.92 bits per heavy atom. The van der Waals surface area contributed by atoms with Gasteiger partial charge in [-0.05, 0) is 12.5 Å². The highest BCUT2D eigenvalue weighted by Gasteiger charge is 2.14. The van der Waals surface area contributed by atoms with Crippen molar-refractivity contribution in [3.8, 4) is 0 Å². The molecule has 4 heteroatoms. The summed E-state index contributed by atoms with van der Waals surface area (Å²) in [5, 5.41) is 0. The fraction of sp³-hybridized carbons (Fsp3) is 0.333. The normalized spacial score (nSPS) is 14.6. The number of anilines is 1. The summed E-state index contributed by atoms with van der Waals surface area (Å²) in [5.74, 6) is 0. The van der Waals surface area contributed by atoms with E-state index in [1.807, 2.05) is 6.07 Å². The third-order valence-corrected chi connectivity index (χ3v) is 2.11. The monoisotopic (exact) mass is 175 g/mol. The van der Waals surface area contributed by atoms with Crippen molar-refractivity contribution in [3.05, 3.63) is 18.5 Å². The molecular formula is C9H9N3O. The molecule has 0 aliphatic carbocycles. The van der Waals surface area contributed by atoms with Crippen LogP contribution in [0.4, 0.5) is 11.4 Å². The van der Waals surface area contributed by atoms with Gasteiger partial charge in [-0.3, -0.25) is 4.98 Å². The first-order valence-electron chi connectivity index (χ1n) is 4.18. The van der Waals surface area contributed by atoms with E-state index < -0.39 is 0 Å². The largest absolute Gasteiger partial charge is 0.370 e. The molecule has 1 aromatic heterocycles. The Hall–Kier alpha value is -1.67. The molecule has 2 rings (SSSR count). The van der Waals surface area contributed by atoms with E-state index in [4.69, 9.17) is 0 Å². The van der Waals surface area contributed by atoms with E-state index in [-0.39, 0.29) is 0 Å². The number of isocyanates is 1. The van der Waals surface area contributed by atoms with Crippen molar-refractivity contribution < 1.29 is 4.79 Å². The lowest BCUT2D eigenvalue weighted by atomic mass is 10.2. The SMILES string of the molecule is O=C=Nc1cncc(N2CCC2)c1. The highest BCUT2D eigenvalue weighted by Crippen LogP contribution is 2.23. The fourth-order valence-electron chi connectivity index (χ4n) is 1.28. The van der Waals surface area contributed by atoms with E-state index in [9.17, 15) is 4.79 Å². The Morgan fingerprint density at radius 1 is 1.46 bits per heavy atom. The standard InChI is InChI=1S/C9H9N3O/c13-7-11-8-4-9(6-10-5-8)12-2-1-3-12/h4-6H,1-3H2. The number of rotatable bonds is 2. The maximum absolute atomic E-state index is 10.0. The number of aromatic nitrogens is 1. The van der Waals surface area contributed by atoms with Crippen LogP contribution in [0, 0.1) is 0 Å². The second kappa shape index (κ2) is 3.37. The molecule has 2 heterocycles. The minimum atomic E-state index is 0.569. The van der Waals surface area contributed by atoms with E-state index in [0.717, 1.165) is 18.8 Å². The van der Waals surface area contributed by atoms with Crippen LogP contribution in [0.3, 0.4) is 0 Å². The Balaban J connectivity index is 2.25. The number of carbonyl (C=O) groups excluding carboxylic acids is 1. The highest BCUT2D eigenvalue weighted by atomic mass is 16.1. The van der Waals surface area contributed by atoms with Crippen LogP contribution in [-0.4, -0.2) is 24.2 Å². The number of nitrogens with zero attached hydrogens (tertiary/aromatic N) is 3. The van der Waals surface area contributed by atoms with Gasteiger partial charge in [-0.15, -0.1) is 0 Å². The molecule has 1 aromatic rings. The van der Waals surface area contributed by atoms with Crippen molar-refractivity contribution in [2.24, 2.45) is 4.99 Å². The molecule has 0 amide bonds. The van der Waals surface area contributed by atoms with Gasteiger partial charge in [-0.25, -0.2) is 4.79 Å². The number of hydrogen-bond acceptors (Lipinski definition) is 4. The molecule has 0 aromatic carbocycles. The topological polar surface area (TPSA) is 45.6 Å². The lowest BCUT2D eigenvalue weighted by Gasteiger charge is -2.32. The Bertz CT molecular complexity index is 354. The lowest BCUT2D eigenvalue weighted by molar-refractivity contribution is 0.565. The Kier molecular flexibility index (Phi) is 2.06. The Labute approximate surface area is 75.9 Å². The van der Waals surface area contributed by atoms with Gasteiger partial charge in [-0.1, -0.05) is 0 Å². The maximum atomic E-state index is 10.0. The van der Waals surface area contributed by atoms with Crippen LogP contribution in [0.1, 0.15) is 6.42 Å². The summed E-state index contributed by atoms with van der Waals surface area (Å²) < 4.78 is 0. The van der Waals surface area contributed by atoms with Crippen molar-refractivity contribution in [1.29, 1.82) is 0 Å². The predicted octanol–water partition coefficient (Wildman–Crippen LogP) is 1.26. The molecule has 0 spiro atoms. The summed E-state index contributed by atoms with van der Waals surface area (Å²) in [6, 6.07) is 1.84. The van der Waals surface area contributed by atoms with Crippen molar-refractivity contribution in [3.63, 3.8) is 0 Å². The number of aliphatic imine (C=N–C) groups is 1. The predicted molar refractivity (Wildman–Crippen MR) is 48.8 cm³/mol. The summed E-state index contributed by atoms with van der Waals surface area (Å²) in [4.78, 5) is 19.7. The third-order valence-electron chi connectivity index (χ3n) is 2.11. The van der Waals surface area contributed by atoms with E-state index in [1.54, 1.807) is 12.4 Å². The van der Waals surface area contributed by atoms with Gasteiger partial charge in [0.05, 0.1) is 23.8 Å². The number of hydrogen-bond donors (Lipinski definition) is 0. The van der Waals surface area contributed by atoms with Crippen molar-refractivity contribution in [1.82, 2.24) is 4.98 Å². The highest BCUT2D eigenvalue weighted by molar-refractivity contribution is 5.57. The van der Waals surface area contributed by atoms with Crippen LogP contribution >= 0.6 is 0 Å². The van der Waals surface area contributed by atoms with Gasteiger partial charge in [0.2, 0.25) is 6.08 Å². The molecule has 4 nitrogen and oxygen atoms in total. The molecule has 13 heavy (non-hydrogen) atoms. The van der Waals surface area contributed by atoms with Crippen molar-refractivity contribution >= 4 is 17.5 Å². The van der Waals surface area contributed by atoms with Gasteiger partial charge >= 0.3 is 0 Å². The van der Waals surface area contributed by atoms with Crippen molar-refractivity contribution in [2.75, 3.05) is 18.0 Å². The van der Waals surface area contributed by atoms with Crippen molar-refractivity contribution in [2.45, 2.75) is 6.42 Å². The zero-order valence-corrected chi connectivity index (χ0v) is 7.10. The van der Waals surface area contributed by atoms with E-state index >= 15 is 0 Å². The molecule has 0 radical (unpaired) electrons. The van der Waals surface area contributed by atoms with Gasteiger partial charge < -0.3 is 4.90 Å². The molecular weight excluding hydrogens is 166 g/mol. The summed E-state index contributed by atoms with van der Waals surface area (Å²) in [6.07, 6.45) is 6.06. The molecule has 0 bridgehead atoms. The molecule has 0 saturated carbocycles. The van der Waals surface area contributed by atoms with Gasteiger partial charge in [0.1, 0.15) is 0 Å². The Morgan fingerprint density at radius 2 is 2.31 bits per heavy atom. The minimum absolute atomic E-state index is 0.569.